The van der Waals surface area contributed by atoms with Crippen molar-refractivity contribution in [3.8, 4) is 6.07 Å². The number of carboxylic acid groups (broad SMARTS) is 1. The summed E-state index contributed by atoms with van der Waals surface area (Å²) in [5, 5.41) is 19.0. The number of aromatic nitrogens is 1. The zero-order valence-electron chi connectivity index (χ0n) is 12.5. The number of allylic oxidation sites excluding steroid dienone is 1. The van der Waals surface area contributed by atoms with Crippen LogP contribution >= 0.6 is 0 Å². The number of nitriles is 1. The normalized spacial score (nSPS) is 11.2. The first-order chi connectivity index (χ1) is 11.6. The monoisotopic (exact) mass is 316 g/mol. The van der Waals surface area contributed by atoms with Crippen LogP contribution < -0.4 is 0 Å². The number of ketones is 1. The van der Waals surface area contributed by atoms with Crippen LogP contribution in [-0.4, -0.2) is 21.8 Å². The molecule has 0 atom stereocenters. The number of hydrogen-bond acceptors (Lipinski definition) is 3. The van der Waals surface area contributed by atoms with Crippen molar-refractivity contribution in [2.75, 3.05) is 0 Å². The Morgan fingerprint density at radius 1 is 1.08 bits per heavy atom. The largest absolute Gasteiger partial charge is 0.478 e. The molecule has 24 heavy (non-hydrogen) atoms. The smallest absolute Gasteiger partial charge is 0.335 e. The van der Waals surface area contributed by atoms with E-state index in [1.165, 1.54) is 18.2 Å². The van der Waals surface area contributed by atoms with Gasteiger partial charge in [-0.2, -0.15) is 5.26 Å². The number of carbonyl (C=O) groups excluding carboxylic acids is 1. The van der Waals surface area contributed by atoms with Gasteiger partial charge < -0.3 is 10.1 Å². The maximum absolute atomic E-state index is 12.6. The highest BCUT2D eigenvalue weighted by Crippen LogP contribution is 2.21. The summed E-state index contributed by atoms with van der Waals surface area (Å²) in [7, 11) is 0. The Balaban J connectivity index is 1.97. The molecule has 0 aliphatic carbocycles. The first-order valence-electron chi connectivity index (χ1n) is 7.16. The van der Waals surface area contributed by atoms with Crippen molar-refractivity contribution in [3.05, 3.63) is 77.0 Å². The molecule has 0 unspecified atom stereocenters. The Bertz CT molecular complexity index is 1010. The van der Waals surface area contributed by atoms with Crippen LogP contribution in [0.3, 0.4) is 0 Å². The molecule has 2 N–H and O–H groups in total. The maximum Gasteiger partial charge on any atom is 0.335 e. The molecule has 0 radical (unpaired) electrons. The molecule has 1 heterocycles. The van der Waals surface area contributed by atoms with Crippen molar-refractivity contribution in [2.45, 2.75) is 0 Å². The highest BCUT2D eigenvalue weighted by atomic mass is 16.4. The van der Waals surface area contributed by atoms with Gasteiger partial charge in [0.2, 0.25) is 5.78 Å². The number of fused-ring (bicyclic) bond motifs is 1. The van der Waals surface area contributed by atoms with E-state index in [4.69, 9.17) is 5.11 Å². The van der Waals surface area contributed by atoms with Crippen LogP contribution in [0.1, 0.15) is 26.3 Å². The lowest BCUT2D eigenvalue weighted by Gasteiger charge is -2.00. The van der Waals surface area contributed by atoms with Gasteiger partial charge in [-0.25, -0.2) is 4.79 Å². The number of nitrogens with one attached hydrogen (secondary N) is 1. The van der Waals surface area contributed by atoms with E-state index in [9.17, 15) is 14.9 Å². The van der Waals surface area contributed by atoms with Crippen molar-refractivity contribution in [2.24, 2.45) is 0 Å². The van der Waals surface area contributed by atoms with Gasteiger partial charge in [0.15, 0.2) is 0 Å². The van der Waals surface area contributed by atoms with Crippen LogP contribution in [0.15, 0.2) is 60.3 Å². The van der Waals surface area contributed by atoms with Crippen LogP contribution in [-0.2, 0) is 0 Å². The van der Waals surface area contributed by atoms with E-state index in [-0.39, 0.29) is 16.9 Å². The van der Waals surface area contributed by atoms with Gasteiger partial charge in [0.25, 0.3) is 0 Å². The predicted molar refractivity (Wildman–Crippen MR) is 89.6 cm³/mol. The third kappa shape index (κ3) is 2.81. The third-order valence-electron chi connectivity index (χ3n) is 3.67. The van der Waals surface area contributed by atoms with Gasteiger partial charge in [-0.15, -0.1) is 0 Å². The Morgan fingerprint density at radius 2 is 1.79 bits per heavy atom. The fraction of sp³-hybridized carbons (Fsp3) is 0. The van der Waals surface area contributed by atoms with Gasteiger partial charge >= 0.3 is 5.97 Å². The van der Waals surface area contributed by atoms with E-state index < -0.39 is 5.97 Å². The number of hydrogen-bond donors (Lipinski definition) is 2. The molecule has 0 aliphatic rings. The Labute approximate surface area is 137 Å². The van der Waals surface area contributed by atoms with Crippen molar-refractivity contribution >= 4 is 28.7 Å². The molecule has 0 saturated carbocycles. The van der Waals surface area contributed by atoms with Gasteiger partial charge in [-0.05, 0) is 29.8 Å². The van der Waals surface area contributed by atoms with Crippen LogP contribution in [0, 0.1) is 11.3 Å². The second kappa shape index (κ2) is 6.23. The molecule has 0 spiro atoms. The van der Waals surface area contributed by atoms with E-state index in [0.29, 0.717) is 11.1 Å². The van der Waals surface area contributed by atoms with E-state index in [1.54, 1.807) is 18.3 Å². The highest BCUT2D eigenvalue weighted by Gasteiger charge is 2.16. The summed E-state index contributed by atoms with van der Waals surface area (Å²) in [6.07, 6.45) is 3.04. The molecule has 2 aromatic carbocycles. The Hall–Kier alpha value is -3.65. The number of benzene rings is 2. The summed E-state index contributed by atoms with van der Waals surface area (Å²) in [6, 6.07) is 15.3. The molecule has 0 amide bonds. The number of para-hydroxylation sites is 1. The topological polar surface area (TPSA) is 93.9 Å². The second-order valence-electron chi connectivity index (χ2n) is 5.17. The number of aromatic amines is 1. The van der Waals surface area contributed by atoms with Crippen molar-refractivity contribution in [3.63, 3.8) is 0 Å². The average Bonchev–Trinajstić information content (AvgIpc) is 3.03. The number of H-pyrrole nitrogens is 1. The molecule has 3 aromatic rings. The Morgan fingerprint density at radius 3 is 2.46 bits per heavy atom. The Kier molecular flexibility index (Phi) is 3.96. The number of carbonyl (C=O) groups is 2. The lowest BCUT2D eigenvalue weighted by atomic mass is 10.0. The summed E-state index contributed by atoms with van der Waals surface area (Å²) in [4.78, 5) is 26.5. The first-order valence-corrected chi connectivity index (χ1v) is 7.16. The van der Waals surface area contributed by atoms with E-state index in [1.807, 2.05) is 30.3 Å². The van der Waals surface area contributed by atoms with Crippen molar-refractivity contribution < 1.29 is 14.7 Å². The summed E-state index contributed by atoms with van der Waals surface area (Å²) in [6.45, 7) is 0. The molecule has 0 bridgehead atoms. The summed E-state index contributed by atoms with van der Waals surface area (Å²) in [5.41, 5.74) is 1.98. The van der Waals surface area contributed by atoms with Crippen LogP contribution in [0.2, 0.25) is 0 Å². The van der Waals surface area contributed by atoms with Crippen molar-refractivity contribution in [1.82, 2.24) is 4.98 Å². The van der Waals surface area contributed by atoms with Crippen LogP contribution in [0.4, 0.5) is 0 Å². The summed E-state index contributed by atoms with van der Waals surface area (Å²) >= 11 is 0. The second-order valence-corrected chi connectivity index (χ2v) is 5.17. The molecule has 0 aliphatic heterocycles. The number of aromatic carboxylic acids is 1. The molecule has 0 fully saturated rings. The highest BCUT2D eigenvalue weighted by molar-refractivity contribution is 6.19. The fourth-order valence-electron chi connectivity index (χ4n) is 2.44. The summed E-state index contributed by atoms with van der Waals surface area (Å²) in [5.74, 6) is -1.40. The molecule has 5 nitrogen and oxygen atoms in total. The molecule has 3 rings (SSSR count). The van der Waals surface area contributed by atoms with Gasteiger partial charge in [-0.3, -0.25) is 4.79 Å². The van der Waals surface area contributed by atoms with Gasteiger partial charge in [0.05, 0.1) is 5.56 Å². The number of rotatable bonds is 4. The standard InChI is InChI=1S/C19H12N2O3/c20-10-14(9-12-5-7-13(8-6-12)19(23)24)18(22)16-11-21-17-4-2-1-3-15(16)17/h1-9,11,21H,(H,23,24). The molecular weight excluding hydrogens is 304 g/mol. The molecular formula is C19H12N2O3. The van der Waals surface area contributed by atoms with E-state index in [2.05, 4.69) is 4.98 Å². The van der Waals surface area contributed by atoms with Crippen LogP contribution in [0.5, 0.6) is 0 Å². The SMILES string of the molecule is N#CC(=Cc1ccc(C(=O)O)cc1)C(=O)c1c[nH]c2ccccc12. The minimum atomic E-state index is -1.03. The van der Waals surface area contributed by atoms with Crippen LogP contribution in [0.25, 0.3) is 17.0 Å². The van der Waals surface area contributed by atoms with Gasteiger partial charge in [0, 0.05) is 22.7 Å². The molecule has 0 saturated heterocycles. The molecule has 1 aromatic heterocycles. The molecule has 116 valence electrons. The number of Topliss-reactive ketones (excluding diaryl/α,β-unsaturated/α-hetero) is 1. The average molecular weight is 316 g/mol. The van der Waals surface area contributed by atoms with Gasteiger partial charge in [0.1, 0.15) is 11.6 Å². The van der Waals surface area contributed by atoms with E-state index in [0.717, 1.165) is 10.9 Å². The third-order valence-corrected chi connectivity index (χ3v) is 3.67. The minimum absolute atomic E-state index is 0.0113. The maximum atomic E-state index is 12.6. The quantitative estimate of drug-likeness (QED) is 0.436. The van der Waals surface area contributed by atoms with E-state index >= 15 is 0 Å². The van der Waals surface area contributed by atoms with Gasteiger partial charge in [-0.1, -0.05) is 30.3 Å². The van der Waals surface area contributed by atoms with Crippen molar-refractivity contribution in [1.29, 1.82) is 5.26 Å². The number of carboxylic acids is 1. The lowest BCUT2D eigenvalue weighted by molar-refractivity contribution is 0.0696. The summed E-state index contributed by atoms with van der Waals surface area (Å²) < 4.78 is 0. The zero-order chi connectivity index (χ0) is 17.1. The zero-order valence-corrected chi connectivity index (χ0v) is 12.5. The fourth-order valence-corrected chi connectivity index (χ4v) is 2.44. The minimum Gasteiger partial charge on any atom is -0.478 e. The molecule has 5 heteroatoms. The first kappa shape index (κ1) is 15.3. The predicted octanol–water partition coefficient (Wildman–Crippen LogP) is 3.66. The lowest BCUT2D eigenvalue weighted by Crippen LogP contribution is -2.01. The number of nitrogens with zero attached hydrogens (tertiary/aromatic N) is 1.